The van der Waals surface area contributed by atoms with Crippen molar-refractivity contribution in [2.24, 2.45) is 5.92 Å². The molecule has 208 valence electrons. The second-order valence-electron chi connectivity index (χ2n) is 10.4. The lowest BCUT2D eigenvalue weighted by atomic mass is 9.91. The molecule has 0 saturated heterocycles. The first-order chi connectivity index (χ1) is 17.1. The van der Waals surface area contributed by atoms with Crippen molar-refractivity contribution in [3.63, 3.8) is 0 Å². The Hall–Kier alpha value is -3.12. The van der Waals surface area contributed by atoms with Crippen molar-refractivity contribution in [1.82, 2.24) is 20.0 Å². The number of alkyl halides is 3. The van der Waals surface area contributed by atoms with Crippen molar-refractivity contribution < 1.29 is 32.3 Å². The van der Waals surface area contributed by atoms with Crippen molar-refractivity contribution in [2.75, 3.05) is 18.9 Å². The molecule has 1 fully saturated rings. The summed E-state index contributed by atoms with van der Waals surface area (Å²) in [5.41, 5.74) is -1.52. The zero-order chi connectivity index (χ0) is 28.0. The number of amides is 3. The topological polar surface area (TPSA) is 123 Å². The third-order valence-electron chi connectivity index (χ3n) is 5.94. The fraction of sp³-hybridized carbons (Fsp3) is 0.708. The van der Waals surface area contributed by atoms with E-state index in [1.54, 1.807) is 20.8 Å². The van der Waals surface area contributed by atoms with Crippen LogP contribution in [0.25, 0.3) is 0 Å². The van der Waals surface area contributed by atoms with Gasteiger partial charge in [0.25, 0.3) is 5.56 Å². The van der Waals surface area contributed by atoms with E-state index in [1.165, 1.54) is 6.92 Å². The number of carbonyl (C=O) groups excluding carboxylic acids is 3. The molecule has 13 heteroatoms. The Kier molecular flexibility index (Phi) is 10.1. The molecule has 0 unspecified atom stereocenters. The number of nitrogens with one attached hydrogen (secondary N) is 2. The van der Waals surface area contributed by atoms with E-state index < -0.39 is 53.9 Å². The van der Waals surface area contributed by atoms with Gasteiger partial charge in [0.1, 0.15) is 24.2 Å². The third kappa shape index (κ3) is 9.69. The molecule has 1 aromatic heterocycles. The van der Waals surface area contributed by atoms with Gasteiger partial charge >= 0.3 is 12.3 Å². The number of hydrogen-bond donors (Lipinski definition) is 2. The number of hydrogen-bond acceptors (Lipinski definition) is 6. The number of likely N-dealkylation sites (N-methyl/N-ethyl adjacent to an activating group) is 1. The maximum absolute atomic E-state index is 13.2. The second kappa shape index (κ2) is 12.4. The quantitative estimate of drug-likeness (QED) is 0.518. The van der Waals surface area contributed by atoms with Gasteiger partial charge in [0, 0.05) is 13.1 Å². The summed E-state index contributed by atoms with van der Waals surface area (Å²) in [6.07, 6.45) is 1.18. The van der Waals surface area contributed by atoms with E-state index >= 15 is 0 Å². The monoisotopic (exact) mass is 531 g/mol. The molecule has 1 aromatic rings. The number of nitrogens with zero attached hydrogens (tertiary/aromatic N) is 3. The van der Waals surface area contributed by atoms with Crippen molar-refractivity contribution in [3.05, 3.63) is 22.6 Å². The minimum atomic E-state index is -4.59. The Morgan fingerprint density at radius 2 is 1.76 bits per heavy atom. The Balaban J connectivity index is 2.18. The number of anilines is 1. The van der Waals surface area contributed by atoms with E-state index in [9.17, 15) is 32.3 Å². The lowest BCUT2D eigenvalue weighted by Crippen LogP contribution is -2.50. The Labute approximate surface area is 213 Å². The van der Waals surface area contributed by atoms with Crippen LogP contribution in [0.2, 0.25) is 0 Å². The SMILES string of the molecule is C[C@H](C(=O)N(C)CC(F)(F)F)n1ncc(NC(=O)[C@@H](NC(=O)OC(C)(C)C)C2CCCCCC2)cc1=O. The van der Waals surface area contributed by atoms with Gasteiger partial charge in [-0.3, -0.25) is 14.4 Å². The number of halogens is 3. The summed E-state index contributed by atoms with van der Waals surface area (Å²) >= 11 is 0. The molecule has 0 aromatic carbocycles. The second-order valence-corrected chi connectivity index (χ2v) is 10.4. The van der Waals surface area contributed by atoms with Crippen molar-refractivity contribution >= 4 is 23.6 Å². The normalized spacial score (nSPS) is 16.8. The largest absolute Gasteiger partial charge is 0.444 e. The first kappa shape index (κ1) is 30.1. The zero-order valence-corrected chi connectivity index (χ0v) is 21.9. The predicted molar refractivity (Wildman–Crippen MR) is 130 cm³/mol. The summed E-state index contributed by atoms with van der Waals surface area (Å²) in [4.78, 5) is 51.0. The minimum absolute atomic E-state index is 0.0270. The maximum Gasteiger partial charge on any atom is 0.408 e. The number of aromatic nitrogens is 2. The highest BCUT2D eigenvalue weighted by Gasteiger charge is 2.34. The Morgan fingerprint density at radius 3 is 2.27 bits per heavy atom. The van der Waals surface area contributed by atoms with E-state index in [4.69, 9.17) is 4.74 Å². The molecule has 1 aliphatic rings. The van der Waals surface area contributed by atoms with Crippen LogP contribution in [0.5, 0.6) is 0 Å². The molecule has 0 aliphatic heterocycles. The first-order valence-corrected chi connectivity index (χ1v) is 12.3. The molecule has 10 nitrogen and oxygen atoms in total. The van der Waals surface area contributed by atoms with Crippen LogP contribution in [0.15, 0.2) is 17.1 Å². The molecule has 2 N–H and O–H groups in total. The van der Waals surface area contributed by atoms with Crippen molar-refractivity contribution in [1.29, 1.82) is 0 Å². The van der Waals surface area contributed by atoms with Crippen LogP contribution in [0.1, 0.15) is 72.3 Å². The standard InChI is InChI=1S/C24H36F3N5O5/c1-15(21(35)31(5)14-24(25,26)27)32-18(33)12-17(13-28-32)29-20(34)19(16-10-8-6-7-9-11-16)30-22(36)37-23(2,3)4/h12-13,15-16,19H,6-11,14H2,1-5H3,(H,29,34)(H,30,36)/t15-,19+/m1/s1. The van der Waals surface area contributed by atoms with Gasteiger partial charge in [-0.2, -0.15) is 18.3 Å². The molecule has 1 saturated carbocycles. The van der Waals surface area contributed by atoms with Gasteiger partial charge in [-0.05, 0) is 46.5 Å². The Morgan fingerprint density at radius 1 is 1.16 bits per heavy atom. The van der Waals surface area contributed by atoms with E-state index in [2.05, 4.69) is 15.7 Å². The highest BCUT2D eigenvalue weighted by Crippen LogP contribution is 2.27. The van der Waals surface area contributed by atoms with Crippen LogP contribution < -0.4 is 16.2 Å². The smallest absolute Gasteiger partial charge is 0.408 e. The maximum atomic E-state index is 13.2. The van der Waals surface area contributed by atoms with Gasteiger partial charge in [-0.15, -0.1) is 0 Å². The van der Waals surface area contributed by atoms with Crippen LogP contribution in [0, 0.1) is 5.92 Å². The molecule has 2 rings (SSSR count). The predicted octanol–water partition coefficient (Wildman–Crippen LogP) is 3.63. The van der Waals surface area contributed by atoms with Crippen LogP contribution >= 0.6 is 0 Å². The summed E-state index contributed by atoms with van der Waals surface area (Å²) in [6.45, 7) is 4.92. The molecular formula is C24H36F3N5O5. The van der Waals surface area contributed by atoms with E-state index in [1.807, 2.05) is 0 Å². The molecule has 0 radical (unpaired) electrons. The first-order valence-electron chi connectivity index (χ1n) is 12.3. The van der Waals surface area contributed by atoms with Gasteiger partial charge < -0.3 is 20.3 Å². The van der Waals surface area contributed by atoms with E-state index in [-0.39, 0.29) is 11.6 Å². The average Bonchev–Trinajstić information content (AvgIpc) is 3.03. The molecule has 1 aliphatic carbocycles. The summed E-state index contributed by atoms with van der Waals surface area (Å²) in [5, 5.41) is 9.13. The van der Waals surface area contributed by atoms with Gasteiger partial charge in [0.05, 0.1) is 11.9 Å². The summed E-state index contributed by atoms with van der Waals surface area (Å²) in [5.74, 6) is -1.63. The average molecular weight is 532 g/mol. The molecule has 3 amide bonds. The van der Waals surface area contributed by atoms with Gasteiger partial charge in [-0.1, -0.05) is 25.7 Å². The Bertz CT molecular complexity index is 1010. The van der Waals surface area contributed by atoms with Crippen molar-refractivity contribution in [3.8, 4) is 0 Å². The fourth-order valence-electron chi connectivity index (χ4n) is 4.24. The molecular weight excluding hydrogens is 495 g/mol. The van der Waals surface area contributed by atoms with Gasteiger partial charge in [0.2, 0.25) is 11.8 Å². The fourth-order valence-corrected chi connectivity index (χ4v) is 4.24. The number of carbonyl (C=O) groups is 3. The van der Waals surface area contributed by atoms with E-state index in [0.717, 1.165) is 62.5 Å². The third-order valence-corrected chi connectivity index (χ3v) is 5.94. The van der Waals surface area contributed by atoms with Crippen LogP contribution in [-0.4, -0.2) is 64.0 Å². The summed E-state index contributed by atoms with van der Waals surface area (Å²) < 4.78 is 43.9. The summed E-state index contributed by atoms with van der Waals surface area (Å²) in [6, 6.07) is -1.18. The number of ether oxygens (including phenoxy) is 1. The van der Waals surface area contributed by atoms with Crippen LogP contribution in [-0.2, 0) is 14.3 Å². The lowest BCUT2D eigenvalue weighted by Gasteiger charge is -2.28. The summed E-state index contributed by atoms with van der Waals surface area (Å²) in [7, 11) is 0.983. The highest BCUT2D eigenvalue weighted by atomic mass is 19.4. The van der Waals surface area contributed by atoms with E-state index in [0.29, 0.717) is 4.90 Å². The number of rotatable bonds is 7. The minimum Gasteiger partial charge on any atom is -0.444 e. The van der Waals surface area contributed by atoms with Crippen LogP contribution in [0.4, 0.5) is 23.7 Å². The molecule has 2 atom stereocenters. The molecule has 0 spiro atoms. The van der Waals surface area contributed by atoms with Crippen molar-refractivity contribution in [2.45, 2.75) is 90.1 Å². The molecule has 0 bridgehead atoms. The highest BCUT2D eigenvalue weighted by molar-refractivity contribution is 5.96. The van der Waals surface area contributed by atoms with Crippen LogP contribution in [0.3, 0.4) is 0 Å². The molecule has 1 heterocycles. The van der Waals surface area contributed by atoms with Gasteiger partial charge in [-0.25, -0.2) is 9.48 Å². The number of alkyl carbamates (subject to hydrolysis) is 1. The molecule has 37 heavy (non-hydrogen) atoms. The van der Waals surface area contributed by atoms with Gasteiger partial charge in [0.15, 0.2) is 0 Å². The lowest BCUT2D eigenvalue weighted by molar-refractivity contribution is -0.160. The zero-order valence-electron chi connectivity index (χ0n) is 21.9.